The Labute approximate surface area is 150 Å². The third-order valence-corrected chi connectivity index (χ3v) is 5.06. The van der Waals surface area contributed by atoms with Gasteiger partial charge in [-0.25, -0.2) is 0 Å². The van der Waals surface area contributed by atoms with Crippen molar-refractivity contribution < 1.29 is 4.79 Å². The second-order valence-electron chi connectivity index (χ2n) is 6.89. The summed E-state index contributed by atoms with van der Waals surface area (Å²) in [5.41, 5.74) is 9.31. The predicted molar refractivity (Wildman–Crippen MR) is 101 cm³/mol. The maximum Gasteiger partial charge on any atom is 0.239 e. The van der Waals surface area contributed by atoms with Crippen LogP contribution in [-0.4, -0.2) is 29.9 Å². The normalized spacial score (nSPS) is 17.3. The molecule has 1 aliphatic heterocycles. The molecule has 3 rings (SSSR count). The third kappa shape index (κ3) is 4.68. The van der Waals surface area contributed by atoms with Crippen LogP contribution in [0.5, 0.6) is 0 Å². The summed E-state index contributed by atoms with van der Waals surface area (Å²) in [4.78, 5) is 14.4. The number of primary amides is 1. The van der Waals surface area contributed by atoms with E-state index in [1.807, 2.05) is 30.3 Å². The van der Waals surface area contributed by atoms with Crippen LogP contribution in [0.25, 0.3) is 0 Å². The van der Waals surface area contributed by atoms with Crippen molar-refractivity contribution in [3.05, 3.63) is 71.3 Å². The lowest BCUT2D eigenvalue weighted by atomic mass is 9.99. The second kappa shape index (κ2) is 8.28. The zero-order valence-electron chi connectivity index (χ0n) is 14.8. The number of benzene rings is 2. The highest BCUT2D eigenvalue weighted by Gasteiger charge is 2.25. The van der Waals surface area contributed by atoms with Crippen LogP contribution < -0.4 is 11.1 Å². The minimum Gasteiger partial charge on any atom is -0.368 e. The molecule has 25 heavy (non-hydrogen) atoms. The van der Waals surface area contributed by atoms with E-state index in [1.54, 1.807) is 0 Å². The van der Waals surface area contributed by atoms with Gasteiger partial charge in [-0.15, -0.1) is 0 Å². The lowest BCUT2D eigenvalue weighted by molar-refractivity contribution is -0.120. The van der Waals surface area contributed by atoms with E-state index in [-0.39, 0.29) is 5.91 Å². The molecular formula is C21H27N3O. The first kappa shape index (κ1) is 17.6. The summed E-state index contributed by atoms with van der Waals surface area (Å²) in [5.74, 6) is -0.312. The van der Waals surface area contributed by atoms with Gasteiger partial charge in [-0.05, 0) is 49.5 Å². The first-order valence-electron chi connectivity index (χ1n) is 9.00. The molecule has 2 aromatic carbocycles. The van der Waals surface area contributed by atoms with Crippen molar-refractivity contribution in [1.29, 1.82) is 0 Å². The standard InChI is InChI=1S/C21H27N3O/c1-16-7-5-6-10-18(16)15-24-13-11-19(12-14-24)23-20(21(22)25)17-8-3-2-4-9-17/h2-10,19-20,23H,11-15H2,1H3,(H2,22,25)/t20-/m1/s1. The fourth-order valence-electron chi connectivity index (χ4n) is 3.51. The number of amides is 1. The van der Waals surface area contributed by atoms with Crippen LogP contribution in [0.2, 0.25) is 0 Å². The van der Waals surface area contributed by atoms with Gasteiger partial charge in [0.2, 0.25) is 5.91 Å². The highest BCUT2D eigenvalue weighted by atomic mass is 16.1. The summed E-state index contributed by atoms with van der Waals surface area (Å²) in [6.45, 7) is 5.23. The van der Waals surface area contributed by atoms with E-state index in [9.17, 15) is 4.79 Å². The quantitative estimate of drug-likeness (QED) is 0.852. The van der Waals surface area contributed by atoms with Gasteiger partial charge in [0.05, 0.1) is 0 Å². The summed E-state index contributed by atoms with van der Waals surface area (Å²) >= 11 is 0. The van der Waals surface area contributed by atoms with E-state index in [4.69, 9.17) is 5.73 Å². The number of aryl methyl sites for hydroxylation is 1. The number of nitrogens with two attached hydrogens (primary N) is 1. The molecule has 0 spiro atoms. The second-order valence-corrected chi connectivity index (χ2v) is 6.89. The van der Waals surface area contributed by atoms with E-state index in [2.05, 4.69) is 41.4 Å². The van der Waals surface area contributed by atoms with Gasteiger partial charge >= 0.3 is 0 Å². The minimum absolute atomic E-state index is 0.312. The van der Waals surface area contributed by atoms with Crippen molar-refractivity contribution in [2.24, 2.45) is 5.73 Å². The van der Waals surface area contributed by atoms with Crippen LogP contribution in [0.3, 0.4) is 0 Å². The SMILES string of the molecule is Cc1ccccc1CN1CCC(N[C@@H](C(N)=O)c2ccccc2)CC1. The van der Waals surface area contributed by atoms with Crippen LogP contribution in [0, 0.1) is 6.92 Å². The fourth-order valence-corrected chi connectivity index (χ4v) is 3.51. The minimum atomic E-state index is -0.408. The van der Waals surface area contributed by atoms with Gasteiger partial charge in [0, 0.05) is 12.6 Å². The van der Waals surface area contributed by atoms with Crippen molar-refractivity contribution >= 4 is 5.91 Å². The third-order valence-electron chi connectivity index (χ3n) is 5.06. The molecule has 0 radical (unpaired) electrons. The van der Waals surface area contributed by atoms with Gasteiger partial charge in [0.25, 0.3) is 0 Å². The smallest absolute Gasteiger partial charge is 0.239 e. The summed E-state index contributed by atoms with van der Waals surface area (Å²) in [6, 6.07) is 18.2. The molecule has 4 nitrogen and oxygen atoms in total. The van der Waals surface area contributed by atoms with E-state index in [1.165, 1.54) is 11.1 Å². The lowest BCUT2D eigenvalue weighted by Crippen LogP contribution is -2.46. The highest BCUT2D eigenvalue weighted by molar-refractivity contribution is 5.81. The molecule has 4 heteroatoms. The Kier molecular flexibility index (Phi) is 5.84. The van der Waals surface area contributed by atoms with Gasteiger partial charge in [-0.1, -0.05) is 54.6 Å². The number of carbonyl (C=O) groups is 1. The Hall–Kier alpha value is -2.17. The molecule has 1 amide bonds. The Morgan fingerprint density at radius 3 is 2.40 bits per heavy atom. The number of piperidine rings is 1. The largest absolute Gasteiger partial charge is 0.368 e. The Morgan fingerprint density at radius 1 is 1.12 bits per heavy atom. The molecule has 1 atom stereocenters. The van der Waals surface area contributed by atoms with E-state index < -0.39 is 6.04 Å². The van der Waals surface area contributed by atoms with Crippen LogP contribution in [0.15, 0.2) is 54.6 Å². The van der Waals surface area contributed by atoms with E-state index in [0.717, 1.165) is 38.0 Å². The Morgan fingerprint density at radius 2 is 1.76 bits per heavy atom. The zero-order chi connectivity index (χ0) is 17.6. The van der Waals surface area contributed by atoms with Crippen molar-refractivity contribution in [2.75, 3.05) is 13.1 Å². The molecule has 1 heterocycles. The molecular weight excluding hydrogens is 310 g/mol. The molecule has 3 N–H and O–H groups in total. The van der Waals surface area contributed by atoms with Crippen LogP contribution in [0.1, 0.15) is 35.6 Å². The van der Waals surface area contributed by atoms with Gasteiger partial charge in [-0.2, -0.15) is 0 Å². The lowest BCUT2D eigenvalue weighted by Gasteiger charge is -2.34. The summed E-state index contributed by atoms with van der Waals surface area (Å²) in [6.07, 6.45) is 2.06. The molecule has 0 unspecified atom stereocenters. The van der Waals surface area contributed by atoms with Crippen LogP contribution in [-0.2, 0) is 11.3 Å². The van der Waals surface area contributed by atoms with Gasteiger partial charge < -0.3 is 5.73 Å². The van der Waals surface area contributed by atoms with Crippen molar-refractivity contribution in [3.8, 4) is 0 Å². The number of carbonyl (C=O) groups excluding carboxylic acids is 1. The Bertz CT molecular complexity index is 693. The number of nitrogens with zero attached hydrogens (tertiary/aromatic N) is 1. The van der Waals surface area contributed by atoms with Crippen LogP contribution >= 0.6 is 0 Å². The molecule has 0 aromatic heterocycles. The van der Waals surface area contributed by atoms with E-state index in [0.29, 0.717) is 6.04 Å². The molecule has 0 aliphatic carbocycles. The van der Waals surface area contributed by atoms with Crippen molar-refractivity contribution in [1.82, 2.24) is 10.2 Å². The topological polar surface area (TPSA) is 58.4 Å². The van der Waals surface area contributed by atoms with Crippen LogP contribution in [0.4, 0.5) is 0 Å². The van der Waals surface area contributed by atoms with Gasteiger partial charge in [0.15, 0.2) is 0 Å². The van der Waals surface area contributed by atoms with Gasteiger partial charge in [-0.3, -0.25) is 15.0 Å². The van der Waals surface area contributed by atoms with Crippen molar-refractivity contribution in [3.63, 3.8) is 0 Å². The maximum absolute atomic E-state index is 11.9. The molecule has 1 saturated heterocycles. The first-order chi connectivity index (χ1) is 12.1. The zero-order valence-corrected chi connectivity index (χ0v) is 14.8. The molecule has 0 bridgehead atoms. The number of nitrogens with one attached hydrogen (secondary N) is 1. The average molecular weight is 337 g/mol. The number of likely N-dealkylation sites (tertiary alicyclic amines) is 1. The number of hydrogen-bond acceptors (Lipinski definition) is 3. The molecule has 0 saturated carbocycles. The molecule has 1 aliphatic rings. The summed E-state index contributed by atoms with van der Waals surface area (Å²) in [5, 5.41) is 3.47. The first-order valence-corrected chi connectivity index (χ1v) is 9.00. The number of hydrogen-bond donors (Lipinski definition) is 2. The van der Waals surface area contributed by atoms with Crippen molar-refractivity contribution in [2.45, 2.75) is 38.4 Å². The average Bonchev–Trinajstić information content (AvgIpc) is 2.63. The summed E-state index contributed by atoms with van der Waals surface area (Å²) < 4.78 is 0. The number of rotatable bonds is 6. The Balaban J connectivity index is 1.55. The fraction of sp³-hybridized carbons (Fsp3) is 0.381. The van der Waals surface area contributed by atoms with E-state index >= 15 is 0 Å². The maximum atomic E-state index is 11.9. The predicted octanol–water partition coefficient (Wildman–Crippen LogP) is 2.78. The molecule has 2 aromatic rings. The monoisotopic (exact) mass is 337 g/mol. The summed E-state index contributed by atoms with van der Waals surface area (Å²) in [7, 11) is 0. The highest BCUT2D eigenvalue weighted by Crippen LogP contribution is 2.19. The van der Waals surface area contributed by atoms with Gasteiger partial charge in [0.1, 0.15) is 6.04 Å². The molecule has 132 valence electrons. The molecule has 1 fully saturated rings.